The fourth-order valence-corrected chi connectivity index (χ4v) is 2.01. The highest BCUT2D eigenvalue weighted by atomic mass is 15.0. The molecule has 2 N–H and O–H groups in total. The minimum Gasteiger partial charge on any atom is -0.316 e. The van der Waals surface area contributed by atoms with Gasteiger partial charge >= 0.3 is 0 Å². The van der Waals surface area contributed by atoms with Gasteiger partial charge in [0.25, 0.3) is 0 Å². The summed E-state index contributed by atoms with van der Waals surface area (Å²) in [6.45, 7) is 8.36. The molecule has 2 rings (SSSR count). The van der Waals surface area contributed by atoms with E-state index >= 15 is 0 Å². The molecule has 2 fully saturated rings. The first kappa shape index (κ1) is 10.4. The highest BCUT2D eigenvalue weighted by Crippen LogP contribution is 2.50. The lowest BCUT2D eigenvalue weighted by Gasteiger charge is -2.06. The lowest BCUT2D eigenvalue weighted by molar-refractivity contribution is 0.509. The molecule has 0 aromatic rings. The molecule has 0 aromatic carbocycles. The third-order valence-electron chi connectivity index (χ3n) is 3.65. The molecule has 2 aliphatic carbocycles. The average molecular weight is 196 g/mol. The maximum absolute atomic E-state index is 3.56. The fraction of sp³-hybridized carbons (Fsp3) is 1.00. The molecule has 0 radical (unpaired) electrons. The second kappa shape index (κ2) is 4.19. The van der Waals surface area contributed by atoms with Crippen LogP contribution in [0.4, 0.5) is 0 Å². The SMILES string of the molecule is CC1(C)CC1CNCCCNC1CC1. The van der Waals surface area contributed by atoms with Gasteiger partial charge in [-0.1, -0.05) is 13.8 Å². The van der Waals surface area contributed by atoms with Gasteiger partial charge in [0.1, 0.15) is 0 Å². The van der Waals surface area contributed by atoms with E-state index in [4.69, 9.17) is 0 Å². The molecular formula is C12H24N2. The smallest absolute Gasteiger partial charge is 0.00682 e. The van der Waals surface area contributed by atoms with Crippen molar-refractivity contribution in [3.05, 3.63) is 0 Å². The van der Waals surface area contributed by atoms with Crippen LogP contribution in [0.25, 0.3) is 0 Å². The van der Waals surface area contributed by atoms with E-state index < -0.39 is 0 Å². The first-order chi connectivity index (χ1) is 6.68. The van der Waals surface area contributed by atoms with Gasteiger partial charge in [-0.15, -0.1) is 0 Å². The molecule has 1 atom stereocenters. The van der Waals surface area contributed by atoms with Crippen molar-refractivity contribution < 1.29 is 0 Å². The summed E-state index contributed by atoms with van der Waals surface area (Å²) in [6, 6.07) is 0.873. The second-order valence-electron chi connectivity index (χ2n) is 5.68. The first-order valence-electron chi connectivity index (χ1n) is 6.12. The molecule has 2 saturated carbocycles. The Morgan fingerprint density at radius 2 is 1.93 bits per heavy atom. The Labute approximate surface area is 87.8 Å². The lowest BCUT2D eigenvalue weighted by Crippen LogP contribution is -2.25. The highest BCUT2D eigenvalue weighted by molar-refractivity contribution is 4.96. The Balaban J connectivity index is 1.36. The van der Waals surface area contributed by atoms with Crippen LogP contribution in [-0.2, 0) is 0 Å². The Bertz CT molecular complexity index is 185. The Morgan fingerprint density at radius 3 is 2.50 bits per heavy atom. The van der Waals surface area contributed by atoms with Gasteiger partial charge in [-0.2, -0.15) is 0 Å². The van der Waals surface area contributed by atoms with E-state index in [2.05, 4.69) is 24.5 Å². The largest absolute Gasteiger partial charge is 0.316 e. The number of rotatable bonds is 7. The quantitative estimate of drug-likeness (QED) is 0.606. The molecule has 1 unspecified atom stereocenters. The predicted molar refractivity (Wildman–Crippen MR) is 60.4 cm³/mol. The number of nitrogens with one attached hydrogen (secondary N) is 2. The third-order valence-corrected chi connectivity index (χ3v) is 3.65. The number of hydrogen-bond acceptors (Lipinski definition) is 2. The van der Waals surface area contributed by atoms with Crippen LogP contribution < -0.4 is 10.6 Å². The van der Waals surface area contributed by atoms with Crippen LogP contribution >= 0.6 is 0 Å². The van der Waals surface area contributed by atoms with Crippen molar-refractivity contribution in [1.82, 2.24) is 10.6 Å². The first-order valence-corrected chi connectivity index (χ1v) is 6.12. The minimum atomic E-state index is 0.638. The molecule has 0 spiro atoms. The van der Waals surface area contributed by atoms with Gasteiger partial charge in [0.15, 0.2) is 0 Å². The molecule has 0 aromatic heterocycles. The number of hydrogen-bond donors (Lipinski definition) is 2. The van der Waals surface area contributed by atoms with Crippen molar-refractivity contribution >= 4 is 0 Å². The van der Waals surface area contributed by atoms with Crippen LogP contribution in [0.1, 0.15) is 39.5 Å². The normalized spacial score (nSPS) is 29.1. The minimum absolute atomic E-state index is 0.638. The van der Waals surface area contributed by atoms with Crippen molar-refractivity contribution in [1.29, 1.82) is 0 Å². The summed E-state index contributed by atoms with van der Waals surface area (Å²) in [4.78, 5) is 0. The van der Waals surface area contributed by atoms with Crippen LogP contribution in [0, 0.1) is 11.3 Å². The van der Waals surface area contributed by atoms with Crippen molar-refractivity contribution in [2.75, 3.05) is 19.6 Å². The van der Waals surface area contributed by atoms with Gasteiger partial charge in [-0.05, 0) is 56.7 Å². The van der Waals surface area contributed by atoms with Crippen LogP contribution in [0.15, 0.2) is 0 Å². The van der Waals surface area contributed by atoms with Gasteiger partial charge in [0.05, 0.1) is 0 Å². The maximum Gasteiger partial charge on any atom is 0.00682 e. The molecule has 0 saturated heterocycles. The highest BCUT2D eigenvalue weighted by Gasteiger charge is 2.44. The lowest BCUT2D eigenvalue weighted by atomic mass is 10.1. The zero-order valence-corrected chi connectivity index (χ0v) is 9.60. The molecule has 0 aliphatic heterocycles. The summed E-state index contributed by atoms with van der Waals surface area (Å²) in [5.74, 6) is 0.943. The predicted octanol–water partition coefficient (Wildman–Crippen LogP) is 1.76. The van der Waals surface area contributed by atoms with E-state index in [1.165, 1.54) is 45.3 Å². The summed E-state index contributed by atoms with van der Waals surface area (Å²) in [6.07, 6.45) is 5.51. The average Bonchev–Trinajstić information content (AvgIpc) is 2.98. The molecular weight excluding hydrogens is 172 g/mol. The van der Waals surface area contributed by atoms with Crippen LogP contribution in [0.3, 0.4) is 0 Å². The summed E-state index contributed by atoms with van der Waals surface area (Å²) in [5.41, 5.74) is 0.638. The summed E-state index contributed by atoms with van der Waals surface area (Å²) in [7, 11) is 0. The third kappa shape index (κ3) is 3.25. The molecule has 0 bridgehead atoms. The molecule has 2 aliphatic rings. The molecule has 2 nitrogen and oxygen atoms in total. The molecule has 0 heterocycles. The van der Waals surface area contributed by atoms with Crippen molar-refractivity contribution in [3.8, 4) is 0 Å². The van der Waals surface area contributed by atoms with Crippen LogP contribution in [-0.4, -0.2) is 25.7 Å². The van der Waals surface area contributed by atoms with E-state index in [9.17, 15) is 0 Å². The maximum atomic E-state index is 3.56. The summed E-state index contributed by atoms with van der Waals surface area (Å²) >= 11 is 0. The van der Waals surface area contributed by atoms with Crippen molar-refractivity contribution in [2.45, 2.75) is 45.6 Å². The zero-order chi connectivity index (χ0) is 10.0. The van der Waals surface area contributed by atoms with E-state index in [1.807, 2.05) is 0 Å². The van der Waals surface area contributed by atoms with Gasteiger partial charge in [0, 0.05) is 6.04 Å². The van der Waals surface area contributed by atoms with Crippen LogP contribution in [0.5, 0.6) is 0 Å². The summed E-state index contributed by atoms with van der Waals surface area (Å²) < 4.78 is 0. The van der Waals surface area contributed by atoms with E-state index in [1.54, 1.807) is 0 Å². The van der Waals surface area contributed by atoms with Gasteiger partial charge in [-0.25, -0.2) is 0 Å². The Morgan fingerprint density at radius 1 is 1.21 bits per heavy atom. The van der Waals surface area contributed by atoms with Gasteiger partial charge in [-0.3, -0.25) is 0 Å². The molecule has 14 heavy (non-hydrogen) atoms. The monoisotopic (exact) mass is 196 g/mol. The van der Waals surface area contributed by atoms with E-state index in [0.29, 0.717) is 5.41 Å². The summed E-state index contributed by atoms with van der Waals surface area (Å²) in [5, 5.41) is 7.09. The zero-order valence-electron chi connectivity index (χ0n) is 9.60. The van der Waals surface area contributed by atoms with Crippen molar-refractivity contribution in [3.63, 3.8) is 0 Å². The Hall–Kier alpha value is -0.0800. The molecule has 2 heteroatoms. The van der Waals surface area contributed by atoms with Crippen LogP contribution in [0.2, 0.25) is 0 Å². The van der Waals surface area contributed by atoms with Gasteiger partial charge < -0.3 is 10.6 Å². The van der Waals surface area contributed by atoms with Gasteiger partial charge in [0.2, 0.25) is 0 Å². The van der Waals surface area contributed by atoms with Crippen molar-refractivity contribution in [2.24, 2.45) is 11.3 Å². The topological polar surface area (TPSA) is 24.1 Å². The standard InChI is InChI=1S/C12H24N2/c1-12(2)8-10(12)9-13-6-3-7-14-11-4-5-11/h10-11,13-14H,3-9H2,1-2H3. The second-order valence-corrected chi connectivity index (χ2v) is 5.68. The molecule has 82 valence electrons. The molecule has 0 amide bonds. The van der Waals surface area contributed by atoms with E-state index in [-0.39, 0.29) is 0 Å². The Kier molecular flexibility index (Phi) is 3.13. The van der Waals surface area contributed by atoms with E-state index in [0.717, 1.165) is 12.0 Å². The fourth-order valence-electron chi connectivity index (χ4n) is 2.01.